The second kappa shape index (κ2) is 6.37. The van der Waals surface area contributed by atoms with E-state index in [1.165, 1.54) is 0 Å². The smallest absolute Gasteiger partial charge is 0.254 e. The maximum Gasteiger partial charge on any atom is 0.254 e. The fourth-order valence-corrected chi connectivity index (χ4v) is 2.15. The third-order valence-electron chi connectivity index (χ3n) is 3.56. The van der Waals surface area contributed by atoms with Gasteiger partial charge in [-0.2, -0.15) is 0 Å². The van der Waals surface area contributed by atoms with Gasteiger partial charge in [0.1, 0.15) is 5.75 Å². The Hall–Kier alpha value is -2.40. The number of amides is 1. The molecule has 2 rings (SSSR count). The first-order valence-electron chi connectivity index (χ1n) is 6.74. The molecule has 21 heavy (non-hydrogen) atoms. The second-order valence-electron chi connectivity index (χ2n) is 4.89. The van der Waals surface area contributed by atoms with Crippen LogP contribution in [-0.2, 0) is 6.54 Å². The lowest BCUT2D eigenvalue weighted by atomic mass is 10.1. The molecule has 5 heteroatoms. The van der Waals surface area contributed by atoms with Crippen LogP contribution in [0, 0.1) is 0 Å². The molecule has 1 atom stereocenters. The van der Waals surface area contributed by atoms with Crippen molar-refractivity contribution in [3.63, 3.8) is 0 Å². The van der Waals surface area contributed by atoms with Crippen molar-refractivity contribution in [2.75, 3.05) is 7.05 Å². The van der Waals surface area contributed by atoms with E-state index in [0.717, 1.165) is 0 Å². The molecule has 1 heterocycles. The monoisotopic (exact) mass is 285 g/mol. The summed E-state index contributed by atoms with van der Waals surface area (Å²) in [6, 6.07) is 10.1. The number of para-hydroxylation sites is 1. The number of aromatic nitrogens is 1. The Bertz CT molecular complexity index is 643. The summed E-state index contributed by atoms with van der Waals surface area (Å²) in [5.41, 5.74) is 7.46. The molecule has 110 valence electrons. The lowest BCUT2D eigenvalue weighted by Gasteiger charge is -2.26. The van der Waals surface area contributed by atoms with Crippen molar-refractivity contribution in [3.8, 4) is 5.75 Å². The van der Waals surface area contributed by atoms with E-state index in [-0.39, 0.29) is 17.7 Å². The molecule has 2 aromatic rings. The first-order chi connectivity index (χ1) is 10.0. The highest BCUT2D eigenvalue weighted by molar-refractivity contribution is 5.94. The highest BCUT2D eigenvalue weighted by Crippen LogP contribution is 2.28. The molecule has 0 radical (unpaired) electrons. The third kappa shape index (κ3) is 3.20. The standard InChI is InChI=1S/C16H19N3O2/c1-11(14-5-3-4-6-15(14)20)19(2)16(21)12-7-8-18-13(9-12)10-17/h3-9,11,20H,10,17H2,1-2H3. The predicted octanol–water partition coefficient (Wildman–Crippen LogP) is 2.08. The maximum absolute atomic E-state index is 12.5. The molecule has 1 aromatic heterocycles. The number of nitrogens with zero attached hydrogens (tertiary/aromatic N) is 2. The number of carbonyl (C=O) groups is 1. The zero-order valence-corrected chi connectivity index (χ0v) is 12.2. The average molecular weight is 285 g/mol. The average Bonchev–Trinajstić information content (AvgIpc) is 2.53. The highest BCUT2D eigenvalue weighted by atomic mass is 16.3. The summed E-state index contributed by atoms with van der Waals surface area (Å²) in [6.07, 6.45) is 1.58. The molecule has 1 aromatic carbocycles. The van der Waals surface area contributed by atoms with Crippen molar-refractivity contribution >= 4 is 5.91 Å². The van der Waals surface area contributed by atoms with E-state index in [0.29, 0.717) is 23.4 Å². The van der Waals surface area contributed by atoms with Gasteiger partial charge in [0, 0.05) is 30.9 Å². The Morgan fingerprint density at radius 1 is 1.38 bits per heavy atom. The van der Waals surface area contributed by atoms with Crippen LogP contribution in [0.5, 0.6) is 5.75 Å². The first-order valence-corrected chi connectivity index (χ1v) is 6.74. The number of rotatable bonds is 4. The molecule has 0 fully saturated rings. The molecule has 0 bridgehead atoms. The summed E-state index contributed by atoms with van der Waals surface area (Å²) < 4.78 is 0. The summed E-state index contributed by atoms with van der Waals surface area (Å²) in [5.74, 6) is 0.0462. The van der Waals surface area contributed by atoms with Gasteiger partial charge in [-0.05, 0) is 25.1 Å². The van der Waals surface area contributed by atoms with Crippen LogP contribution in [0.2, 0.25) is 0 Å². The Balaban J connectivity index is 2.24. The zero-order valence-electron chi connectivity index (χ0n) is 12.2. The number of benzene rings is 1. The molecule has 0 aliphatic carbocycles. The summed E-state index contributed by atoms with van der Waals surface area (Å²) in [4.78, 5) is 18.2. The van der Waals surface area contributed by atoms with Crippen molar-refractivity contribution < 1.29 is 9.90 Å². The van der Waals surface area contributed by atoms with Gasteiger partial charge in [-0.3, -0.25) is 9.78 Å². The molecule has 3 N–H and O–H groups in total. The van der Waals surface area contributed by atoms with Gasteiger partial charge in [-0.15, -0.1) is 0 Å². The van der Waals surface area contributed by atoms with E-state index >= 15 is 0 Å². The van der Waals surface area contributed by atoms with E-state index in [2.05, 4.69) is 4.98 Å². The number of phenols is 1. The molecule has 0 aliphatic rings. The van der Waals surface area contributed by atoms with Crippen LogP contribution in [0.1, 0.15) is 34.6 Å². The van der Waals surface area contributed by atoms with E-state index < -0.39 is 0 Å². The normalized spacial score (nSPS) is 12.0. The quantitative estimate of drug-likeness (QED) is 0.901. The number of aromatic hydroxyl groups is 1. The third-order valence-corrected chi connectivity index (χ3v) is 3.56. The Morgan fingerprint density at radius 2 is 2.10 bits per heavy atom. The van der Waals surface area contributed by atoms with Crippen LogP contribution < -0.4 is 5.73 Å². The topological polar surface area (TPSA) is 79.5 Å². The van der Waals surface area contributed by atoms with Crippen LogP contribution >= 0.6 is 0 Å². The van der Waals surface area contributed by atoms with Crippen molar-refractivity contribution in [3.05, 3.63) is 59.4 Å². The van der Waals surface area contributed by atoms with Gasteiger partial charge in [0.25, 0.3) is 5.91 Å². The Kier molecular flexibility index (Phi) is 4.55. The summed E-state index contributed by atoms with van der Waals surface area (Å²) in [5, 5.41) is 9.90. The molecular weight excluding hydrogens is 266 g/mol. The molecule has 1 unspecified atom stereocenters. The number of phenolic OH excluding ortho intramolecular Hbond substituents is 1. The van der Waals surface area contributed by atoms with Gasteiger partial charge in [-0.25, -0.2) is 0 Å². The second-order valence-corrected chi connectivity index (χ2v) is 4.89. The first kappa shape index (κ1) is 15.0. The van der Waals surface area contributed by atoms with Crippen LogP contribution in [0.25, 0.3) is 0 Å². The summed E-state index contributed by atoms with van der Waals surface area (Å²) >= 11 is 0. The number of hydrogen-bond acceptors (Lipinski definition) is 4. The van der Waals surface area contributed by atoms with E-state index in [9.17, 15) is 9.90 Å². The van der Waals surface area contributed by atoms with Crippen LogP contribution in [0.15, 0.2) is 42.6 Å². The van der Waals surface area contributed by atoms with E-state index in [1.807, 2.05) is 19.1 Å². The largest absolute Gasteiger partial charge is 0.508 e. The van der Waals surface area contributed by atoms with Crippen LogP contribution in [-0.4, -0.2) is 27.9 Å². The fourth-order valence-electron chi connectivity index (χ4n) is 2.15. The lowest BCUT2D eigenvalue weighted by Crippen LogP contribution is -2.29. The molecule has 5 nitrogen and oxygen atoms in total. The van der Waals surface area contributed by atoms with Gasteiger partial charge < -0.3 is 15.7 Å². The Morgan fingerprint density at radius 3 is 2.76 bits per heavy atom. The summed E-state index contributed by atoms with van der Waals surface area (Å²) in [6.45, 7) is 2.16. The van der Waals surface area contributed by atoms with Crippen LogP contribution in [0.4, 0.5) is 0 Å². The van der Waals surface area contributed by atoms with Crippen molar-refractivity contribution in [1.29, 1.82) is 0 Å². The molecular formula is C16H19N3O2. The van der Waals surface area contributed by atoms with Gasteiger partial charge in [0.15, 0.2) is 0 Å². The lowest BCUT2D eigenvalue weighted by molar-refractivity contribution is 0.0741. The van der Waals surface area contributed by atoms with Gasteiger partial charge in [-0.1, -0.05) is 18.2 Å². The van der Waals surface area contributed by atoms with Gasteiger partial charge in [0.05, 0.1) is 11.7 Å². The highest BCUT2D eigenvalue weighted by Gasteiger charge is 2.21. The molecule has 0 aliphatic heterocycles. The van der Waals surface area contributed by atoms with Gasteiger partial charge in [0.2, 0.25) is 0 Å². The summed E-state index contributed by atoms with van der Waals surface area (Å²) in [7, 11) is 1.71. The molecule has 0 saturated heterocycles. The maximum atomic E-state index is 12.5. The predicted molar refractivity (Wildman–Crippen MR) is 80.7 cm³/mol. The fraction of sp³-hybridized carbons (Fsp3) is 0.250. The minimum absolute atomic E-state index is 0.136. The van der Waals surface area contributed by atoms with Gasteiger partial charge >= 0.3 is 0 Å². The molecule has 1 amide bonds. The minimum atomic E-state index is -0.242. The van der Waals surface area contributed by atoms with Crippen LogP contribution in [0.3, 0.4) is 0 Å². The molecule has 0 spiro atoms. The van der Waals surface area contributed by atoms with Crippen molar-refractivity contribution in [2.24, 2.45) is 5.73 Å². The number of nitrogens with two attached hydrogens (primary N) is 1. The Labute approximate surface area is 124 Å². The van der Waals surface area contributed by atoms with E-state index in [1.54, 1.807) is 42.4 Å². The number of carbonyl (C=O) groups excluding carboxylic acids is 1. The van der Waals surface area contributed by atoms with Crippen molar-refractivity contribution in [1.82, 2.24) is 9.88 Å². The minimum Gasteiger partial charge on any atom is -0.508 e. The molecule has 0 saturated carbocycles. The zero-order chi connectivity index (χ0) is 15.4. The van der Waals surface area contributed by atoms with E-state index in [4.69, 9.17) is 5.73 Å². The SMILES string of the molecule is CC(c1ccccc1O)N(C)C(=O)c1ccnc(CN)c1. The van der Waals surface area contributed by atoms with Crippen molar-refractivity contribution in [2.45, 2.75) is 19.5 Å². The number of pyridine rings is 1. The number of hydrogen-bond donors (Lipinski definition) is 2.